The van der Waals surface area contributed by atoms with Crippen molar-refractivity contribution in [2.75, 3.05) is 27.1 Å². The normalized spacial score (nSPS) is 10.0. The Labute approximate surface area is 122 Å². The van der Waals surface area contributed by atoms with Crippen LogP contribution < -0.4 is 15.2 Å². The predicted molar refractivity (Wildman–Crippen MR) is 78.5 cm³/mol. The van der Waals surface area contributed by atoms with Gasteiger partial charge in [-0.3, -0.25) is 0 Å². The zero-order valence-corrected chi connectivity index (χ0v) is 12.0. The maximum absolute atomic E-state index is 11.9. The van der Waals surface area contributed by atoms with Gasteiger partial charge in [-0.1, -0.05) is 6.07 Å². The lowest BCUT2D eigenvalue weighted by Crippen LogP contribution is -2.06. The zero-order chi connectivity index (χ0) is 15.4. The Balaban J connectivity index is 2.58. The number of nitrogens with zero attached hydrogens (tertiary/aromatic N) is 1. The molecule has 21 heavy (non-hydrogen) atoms. The van der Waals surface area contributed by atoms with E-state index in [2.05, 4.69) is 4.98 Å². The molecule has 0 spiro atoms. The Kier molecular flexibility index (Phi) is 4.27. The monoisotopic (exact) mass is 288 g/mol. The standard InChI is InChI=1S/C15H16N2O4/c1-19-12-5-4-9(6-13(12)20-2)11-8-17-14(16)7-10(11)15(18)21-3/h4-8H,1-3H3,(H2,16,17). The van der Waals surface area contributed by atoms with Gasteiger partial charge >= 0.3 is 5.97 Å². The highest BCUT2D eigenvalue weighted by Gasteiger charge is 2.16. The third kappa shape index (κ3) is 2.89. The van der Waals surface area contributed by atoms with Crippen LogP contribution in [0.4, 0.5) is 5.82 Å². The molecule has 0 radical (unpaired) electrons. The summed E-state index contributed by atoms with van der Waals surface area (Å²) < 4.78 is 15.2. The number of nitrogen functional groups attached to an aromatic ring is 1. The molecule has 2 N–H and O–H groups in total. The van der Waals surface area contributed by atoms with Crippen LogP contribution >= 0.6 is 0 Å². The number of hydrogen-bond donors (Lipinski definition) is 1. The highest BCUT2D eigenvalue weighted by Crippen LogP contribution is 2.33. The molecule has 1 heterocycles. The molecule has 6 heteroatoms. The summed E-state index contributed by atoms with van der Waals surface area (Å²) in [6.07, 6.45) is 1.53. The van der Waals surface area contributed by atoms with E-state index in [-0.39, 0.29) is 5.82 Å². The lowest BCUT2D eigenvalue weighted by molar-refractivity contribution is 0.0601. The molecule has 2 aromatic rings. The van der Waals surface area contributed by atoms with Crippen molar-refractivity contribution >= 4 is 11.8 Å². The van der Waals surface area contributed by atoms with Crippen LogP contribution in [0.1, 0.15) is 10.4 Å². The molecule has 2 rings (SSSR count). The number of carbonyl (C=O) groups excluding carboxylic acids is 1. The fraction of sp³-hybridized carbons (Fsp3) is 0.200. The van der Waals surface area contributed by atoms with Crippen LogP contribution in [0.2, 0.25) is 0 Å². The van der Waals surface area contributed by atoms with Crippen molar-refractivity contribution < 1.29 is 19.0 Å². The quantitative estimate of drug-likeness (QED) is 0.868. The molecule has 0 saturated heterocycles. The molecular weight excluding hydrogens is 272 g/mol. The van der Waals surface area contributed by atoms with Gasteiger partial charge in [0, 0.05) is 11.8 Å². The van der Waals surface area contributed by atoms with E-state index in [9.17, 15) is 4.79 Å². The van der Waals surface area contributed by atoms with Gasteiger partial charge < -0.3 is 19.9 Å². The molecule has 0 aliphatic rings. The fourth-order valence-electron chi connectivity index (χ4n) is 1.98. The van der Waals surface area contributed by atoms with Crippen molar-refractivity contribution in [2.24, 2.45) is 0 Å². The second kappa shape index (κ2) is 6.13. The van der Waals surface area contributed by atoms with Crippen molar-refractivity contribution in [1.82, 2.24) is 4.98 Å². The van der Waals surface area contributed by atoms with Crippen LogP contribution in [0.25, 0.3) is 11.1 Å². The van der Waals surface area contributed by atoms with Crippen molar-refractivity contribution in [2.45, 2.75) is 0 Å². The molecule has 6 nitrogen and oxygen atoms in total. The first-order chi connectivity index (χ1) is 10.1. The van der Waals surface area contributed by atoms with Gasteiger partial charge in [0.15, 0.2) is 11.5 Å². The van der Waals surface area contributed by atoms with Crippen molar-refractivity contribution in [3.8, 4) is 22.6 Å². The molecule has 0 aliphatic heterocycles. The van der Waals surface area contributed by atoms with Crippen molar-refractivity contribution in [3.05, 3.63) is 36.0 Å². The molecule has 0 bridgehead atoms. The highest BCUT2D eigenvalue weighted by molar-refractivity contribution is 5.97. The number of rotatable bonds is 4. The Morgan fingerprint density at radius 2 is 1.81 bits per heavy atom. The van der Waals surface area contributed by atoms with Crippen LogP contribution in [0.15, 0.2) is 30.5 Å². The third-order valence-corrected chi connectivity index (χ3v) is 3.02. The Bertz CT molecular complexity index is 671. The summed E-state index contributed by atoms with van der Waals surface area (Å²) in [6, 6.07) is 6.81. The van der Waals surface area contributed by atoms with Crippen LogP contribution in [-0.2, 0) is 4.74 Å². The summed E-state index contributed by atoms with van der Waals surface area (Å²) in [5.41, 5.74) is 7.34. The first kappa shape index (κ1) is 14.6. The lowest BCUT2D eigenvalue weighted by atomic mass is 10.0. The summed E-state index contributed by atoms with van der Waals surface area (Å²) in [5.74, 6) is 0.931. The van der Waals surface area contributed by atoms with Gasteiger partial charge in [0.25, 0.3) is 0 Å². The van der Waals surface area contributed by atoms with E-state index >= 15 is 0 Å². The van der Waals surface area contributed by atoms with Gasteiger partial charge in [0.2, 0.25) is 0 Å². The van der Waals surface area contributed by atoms with Crippen molar-refractivity contribution in [3.63, 3.8) is 0 Å². The van der Waals surface area contributed by atoms with Crippen LogP contribution in [-0.4, -0.2) is 32.3 Å². The maximum atomic E-state index is 11.9. The second-order valence-corrected chi connectivity index (χ2v) is 4.22. The minimum Gasteiger partial charge on any atom is -0.493 e. The van der Waals surface area contributed by atoms with Gasteiger partial charge in [0.1, 0.15) is 5.82 Å². The van der Waals surface area contributed by atoms with Crippen LogP contribution in [0, 0.1) is 0 Å². The fourth-order valence-corrected chi connectivity index (χ4v) is 1.98. The van der Waals surface area contributed by atoms with Gasteiger partial charge in [-0.05, 0) is 23.8 Å². The molecule has 0 amide bonds. The number of nitrogens with two attached hydrogens (primary N) is 1. The molecule has 1 aromatic carbocycles. The van der Waals surface area contributed by atoms with E-state index in [4.69, 9.17) is 19.9 Å². The number of anilines is 1. The Morgan fingerprint density at radius 3 is 2.43 bits per heavy atom. The molecule has 0 saturated carbocycles. The smallest absolute Gasteiger partial charge is 0.338 e. The summed E-state index contributed by atoms with van der Waals surface area (Å²) in [5, 5.41) is 0. The second-order valence-electron chi connectivity index (χ2n) is 4.22. The number of ether oxygens (including phenoxy) is 3. The highest BCUT2D eigenvalue weighted by atomic mass is 16.5. The number of hydrogen-bond acceptors (Lipinski definition) is 6. The first-order valence-electron chi connectivity index (χ1n) is 6.17. The van der Waals surface area contributed by atoms with Gasteiger partial charge in [-0.2, -0.15) is 0 Å². The minimum absolute atomic E-state index is 0.250. The summed E-state index contributed by atoms with van der Waals surface area (Å²) >= 11 is 0. The van der Waals surface area contributed by atoms with Gasteiger partial charge in [-0.15, -0.1) is 0 Å². The summed E-state index contributed by atoms with van der Waals surface area (Å²) in [7, 11) is 4.42. The Morgan fingerprint density at radius 1 is 1.10 bits per heavy atom. The van der Waals surface area contributed by atoms with E-state index in [1.165, 1.54) is 19.4 Å². The van der Waals surface area contributed by atoms with E-state index in [1.54, 1.807) is 32.4 Å². The maximum Gasteiger partial charge on any atom is 0.338 e. The first-order valence-corrected chi connectivity index (χ1v) is 6.17. The summed E-state index contributed by atoms with van der Waals surface area (Å²) in [6.45, 7) is 0. The van der Waals surface area contributed by atoms with Gasteiger partial charge in [0.05, 0.1) is 26.9 Å². The van der Waals surface area contributed by atoms with E-state index < -0.39 is 5.97 Å². The molecule has 0 atom stereocenters. The number of pyridine rings is 1. The average Bonchev–Trinajstić information content (AvgIpc) is 2.53. The zero-order valence-electron chi connectivity index (χ0n) is 12.0. The van der Waals surface area contributed by atoms with E-state index in [0.717, 1.165) is 5.56 Å². The number of benzene rings is 1. The predicted octanol–water partition coefficient (Wildman–Crippen LogP) is 2.13. The van der Waals surface area contributed by atoms with Crippen molar-refractivity contribution in [1.29, 1.82) is 0 Å². The largest absolute Gasteiger partial charge is 0.493 e. The van der Waals surface area contributed by atoms with Crippen LogP contribution in [0.5, 0.6) is 11.5 Å². The number of esters is 1. The lowest BCUT2D eigenvalue weighted by Gasteiger charge is -2.12. The number of carbonyl (C=O) groups is 1. The number of aromatic nitrogens is 1. The average molecular weight is 288 g/mol. The number of methoxy groups -OCH3 is 3. The molecule has 0 unspecified atom stereocenters. The topological polar surface area (TPSA) is 83.7 Å². The van der Waals surface area contributed by atoms with Gasteiger partial charge in [-0.25, -0.2) is 9.78 Å². The Hall–Kier alpha value is -2.76. The van der Waals surface area contributed by atoms with E-state index in [1.807, 2.05) is 0 Å². The molecule has 0 fully saturated rings. The van der Waals surface area contributed by atoms with E-state index in [0.29, 0.717) is 22.6 Å². The third-order valence-electron chi connectivity index (χ3n) is 3.02. The molecule has 0 aliphatic carbocycles. The molecular formula is C15H16N2O4. The minimum atomic E-state index is -0.478. The molecule has 110 valence electrons. The molecule has 1 aromatic heterocycles. The summed E-state index contributed by atoms with van der Waals surface area (Å²) in [4.78, 5) is 15.9. The van der Waals surface area contributed by atoms with Crippen LogP contribution in [0.3, 0.4) is 0 Å². The SMILES string of the molecule is COC(=O)c1cc(N)ncc1-c1ccc(OC)c(OC)c1.